The SMILES string of the molecule is O=C1CCC(N2C(=O)c3cccc(NC(=O)CNCCCCCCCC(=O)N4CCN(C(=O)c5cc(Cc6n[nH]c(=O)c7ccccc67)ccc5F)CC4)c3C2=O)C(=O)N1. The monoisotopic (exact) mass is 820 g/mol. The Morgan fingerprint density at radius 3 is 2.33 bits per heavy atom. The minimum absolute atomic E-state index is 0.00699. The Hall–Kier alpha value is -6.62. The van der Waals surface area contributed by atoms with E-state index in [1.165, 1.54) is 24.3 Å². The average Bonchev–Trinajstić information content (AvgIpc) is 3.50. The fourth-order valence-electron chi connectivity index (χ4n) is 7.91. The van der Waals surface area contributed by atoms with Gasteiger partial charge in [-0.1, -0.05) is 49.6 Å². The summed E-state index contributed by atoms with van der Waals surface area (Å²) in [5.74, 6) is -3.98. The van der Waals surface area contributed by atoms with Crippen molar-refractivity contribution in [3.8, 4) is 0 Å². The number of benzene rings is 3. The van der Waals surface area contributed by atoms with Gasteiger partial charge >= 0.3 is 0 Å². The molecule has 1 unspecified atom stereocenters. The fourth-order valence-corrected chi connectivity index (χ4v) is 7.91. The first kappa shape index (κ1) is 41.5. The second-order valence-corrected chi connectivity index (χ2v) is 15.1. The molecular weight excluding hydrogens is 776 g/mol. The molecule has 0 radical (unpaired) electrons. The van der Waals surface area contributed by atoms with E-state index < -0.39 is 47.3 Å². The van der Waals surface area contributed by atoms with Crippen molar-refractivity contribution in [3.05, 3.63) is 105 Å². The number of unbranched alkanes of at least 4 members (excludes halogenated alkanes) is 4. The highest BCUT2D eigenvalue weighted by atomic mass is 19.1. The highest BCUT2D eigenvalue weighted by molar-refractivity contribution is 6.26. The van der Waals surface area contributed by atoms with Crippen LogP contribution in [0.15, 0.2) is 65.5 Å². The van der Waals surface area contributed by atoms with Gasteiger partial charge in [-0.2, -0.15) is 5.10 Å². The Balaban J connectivity index is 0.773. The molecule has 3 aromatic carbocycles. The molecule has 4 N–H and O–H groups in total. The van der Waals surface area contributed by atoms with Crippen molar-refractivity contribution in [2.24, 2.45) is 0 Å². The van der Waals surface area contributed by atoms with E-state index in [-0.39, 0.29) is 53.2 Å². The predicted molar refractivity (Wildman–Crippen MR) is 216 cm³/mol. The zero-order valence-electron chi connectivity index (χ0n) is 32.9. The molecule has 1 atom stereocenters. The lowest BCUT2D eigenvalue weighted by Crippen LogP contribution is -2.54. The van der Waals surface area contributed by atoms with Gasteiger partial charge in [-0.25, -0.2) is 9.49 Å². The molecule has 60 heavy (non-hydrogen) atoms. The number of halogens is 1. The summed E-state index contributed by atoms with van der Waals surface area (Å²) in [7, 11) is 0. The van der Waals surface area contributed by atoms with E-state index in [2.05, 4.69) is 26.1 Å². The maximum atomic E-state index is 14.9. The molecule has 2 saturated heterocycles. The second kappa shape index (κ2) is 18.5. The summed E-state index contributed by atoms with van der Waals surface area (Å²) in [6.45, 7) is 1.85. The van der Waals surface area contributed by atoms with Gasteiger partial charge < -0.3 is 20.4 Å². The van der Waals surface area contributed by atoms with E-state index in [1.807, 2.05) is 6.07 Å². The largest absolute Gasteiger partial charge is 0.339 e. The highest BCUT2D eigenvalue weighted by Crippen LogP contribution is 2.32. The van der Waals surface area contributed by atoms with E-state index in [0.717, 1.165) is 37.0 Å². The number of carbonyl (C=O) groups excluding carboxylic acids is 7. The summed E-state index contributed by atoms with van der Waals surface area (Å²) in [6.07, 6.45) is 4.88. The van der Waals surface area contributed by atoms with Gasteiger partial charge in [0.15, 0.2) is 0 Å². The van der Waals surface area contributed by atoms with Gasteiger partial charge in [0.05, 0.1) is 40.0 Å². The van der Waals surface area contributed by atoms with E-state index in [4.69, 9.17) is 0 Å². The number of nitrogens with zero attached hydrogens (tertiary/aromatic N) is 4. The van der Waals surface area contributed by atoms with E-state index in [1.54, 1.807) is 40.1 Å². The number of rotatable bonds is 15. The molecule has 0 saturated carbocycles. The average molecular weight is 821 g/mol. The molecule has 3 aliphatic rings. The molecule has 4 heterocycles. The molecule has 4 aromatic rings. The van der Waals surface area contributed by atoms with Gasteiger partial charge in [0, 0.05) is 50.8 Å². The number of piperidine rings is 1. The third kappa shape index (κ3) is 9.15. The summed E-state index contributed by atoms with van der Waals surface area (Å²) in [5, 5.41) is 15.8. The number of hydrogen-bond donors (Lipinski definition) is 4. The number of hydrogen-bond acceptors (Lipinski definition) is 10. The number of amides is 7. The van der Waals surface area contributed by atoms with E-state index >= 15 is 0 Å². The molecule has 2 fully saturated rings. The van der Waals surface area contributed by atoms with Crippen molar-refractivity contribution in [2.75, 3.05) is 44.6 Å². The summed E-state index contributed by atoms with van der Waals surface area (Å²) < 4.78 is 14.9. The molecule has 17 heteroatoms. The number of aromatic amines is 1. The molecule has 1 aromatic heterocycles. The van der Waals surface area contributed by atoms with Gasteiger partial charge in [0.2, 0.25) is 23.6 Å². The lowest BCUT2D eigenvalue weighted by molar-refractivity contribution is -0.136. The van der Waals surface area contributed by atoms with Gasteiger partial charge in [-0.15, -0.1) is 0 Å². The number of fused-ring (bicyclic) bond motifs is 2. The molecule has 3 aliphatic heterocycles. The third-order valence-corrected chi connectivity index (χ3v) is 11.1. The van der Waals surface area contributed by atoms with Gasteiger partial charge in [0.1, 0.15) is 11.9 Å². The van der Waals surface area contributed by atoms with Crippen molar-refractivity contribution in [1.29, 1.82) is 0 Å². The molecular formula is C43H45FN8O8. The summed E-state index contributed by atoms with van der Waals surface area (Å²) in [6, 6.07) is 14.9. The van der Waals surface area contributed by atoms with Crippen LogP contribution >= 0.6 is 0 Å². The van der Waals surface area contributed by atoms with E-state index in [0.29, 0.717) is 67.6 Å². The number of H-pyrrole nitrogens is 1. The van der Waals surface area contributed by atoms with Crippen LogP contribution in [0, 0.1) is 5.82 Å². The van der Waals surface area contributed by atoms with Crippen LogP contribution < -0.4 is 21.5 Å². The van der Waals surface area contributed by atoms with Crippen molar-refractivity contribution >= 4 is 57.8 Å². The molecule has 312 valence electrons. The maximum Gasteiger partial charge on any atom is 0.272 e. The van der Waals surface area contributed by atoms with Gasteiger partial charge in [-0.3, -0.25) is 48.6 Å². The maximum absolute atomic E-state index is 14.9. The Bertz CT molecular complexity index is 2430. The van der Waals surface area contributed by atoms with Crippen molar-refractivity contribution in [3.63, 3.8) is 0 Å². The molecule has 7 rings (SSSR count). The molecule has 0 spiro atoms. The topological polar surface area (TPSA) is 211 Å². The van der Waals surface area contributed by atoms with Crippen LogP contribution in [0.4, 0.5) is 10.1 Å². The summed E-state index contributed by atoms with van der Waals surface area (Å²) >= 11 is 0. The first-order valence-electron chi connectivity index (χ1n) is 20.2. The predicted octanol–water partition coefficient (Wildman–Crippen LogP) is 2.91. The standard InChI is InChI=1S/C43H45FN8O8/c44-31-15-14-26(24-33-27-9-5-6-10-28(27)39(56)49-48-33)23-30(31)41(58)51-21-19-50(20-22-51)37(55)13-4-2-1-3-7-18-45-25-36(54)46-32-12-8-11-29-38(32)43(60)52(42(29)59)34-16-17-35(53)47-40(34)57/h5-6,8-12,14-15,23,34,45H,1-4,7,13,16-22,24-25H2,(H,46,54)(H,49,56)(H,47,53,57). The molecule has 0 aliphatic carbocycles. The number of aromatic nitrogens is 2. The van der Waals surface area contributed by atoms with E-state index in [9.17, 15) is 42.7 Å². The van der Waals surface area contributed by atoms with Crippen LogP contribution in [0.25, 0.3) is 10.8 Å². The van der Waals surface area contributed by atoms with Crippen LogP contribution in [0.2, 0.25) is 0 Å². The van der Waals surface area contributed by atoms with Crippen LogP contribution in [-0.4, -0.2) is 112 Å². The Morgan fingerprint density at radius 2 is 1.55 bits per heavy atom. The number of nitrogens with one attached hydrogen (secondary N) is 4. The zero-order valence-corrected chi connectivity index (χ0v) is 32.9. The first-order valence-corrected chi connectivity index (χ1v) is 20.2. The van der Waals surface area contributed by atoms with Crippen molar-refractivity contribution in [2.45, 2.75) is 63.8 Å². The third-order valence-electron chi connectivity index (χ3n) is 11.1. The quantitative estimate of drug-likeness (QED) is 0.102. The Kier molecular flexibility index (Phi) is 12.8. The highest BCUT2D eigenvalue weighted by Gasteiger charge is 2.45. The number of imide groups is 2. The minimum Gasteiger partial charge on any atom is -0.339 e. The number of carbonyl (C=O) groups is 7. The fraction of sp³-hybridized carbons (Fsp3) is 0.372. The normalized spacial score (nSPS) is 16.6. The lowest BCUT2D eigenvalue weighted by atomic mass is 10.0. The Labute approximate surface area is 343 Å². The molecule has 7 amide bonds. The zero-order chi connectivity index (χ0) is 42.3. The second-order valence-electron chi connectivity index (χ2n) is 15.1. The number of piperazine rings is 1. The van der Waals surface area contributed by atoms with Crippen molar-refractivity contribution in [1.82, 2.24) is 35.5 Å². The smallest absolute Gasteiger partial charge is 0.272 e. The lowest BCUT2D eigenvalue weighted by Gasteiger charge is -2.35. The minimum atomic E-state index is -1.10. The van der Waals surface area contributed by atoms with Crippen LogP contribution in [0.1, 0.15) is 93.7 Å². The van der Waals surface area contributed by atoms with Crippen LogP contribution in [-0.2, 0) is 25.6 Å². The van der Waals surface area contributed by atoms with Crippen LogP contribution in [0.5, 0.6) is 0 Å². The number of anilines is 1. The first-order chi connectivity index (χ1) is 29.0. The molecule has 16 nitrogen and oxygen atoms in total. The molecule has 0 bridgehead atoms. The van der Waals surface area contributed by atoms with Gasteiger partial charge in [0.25, 0.3) is 23.3 Å². The summed E-state index contributed by atoms with van der Waals surface area (Å²) in [4.78, 5) is 106. The Morgan fingerprint density at radius 1 is 0.817 bits per heavy atom. The van der Waals surface area contributed by atoms with Crippen LogP contribution in [0.3, 0.4) is 0 Å². The van der Waals surface area contributed by atoms with Crippen molar-refractivity contribution < 1.29 is 38.0 Å². The summed E-state index contributed by atoms with van der Waals surface area (Å²) in [5.41, 5.74) is 1.20. The van der Waals surface area contributed by atoms with Gasteiger partial charge in [-0.05, 0) is 61.7 Å².